The summed E-state index contributed by atoms with van der Waals surface area (Å²) in [5.74, 6) is -0.0152. The molecule has 3 heteroatoms. The third-order valence-corrected chi connectivity index (χ3v) is 3.13. The first-order valence-electron chi connectivity index (χ1n) is 6.63. The predicted molar refractivity (Wildman–Crippen MR) is 82.0 cm³/mol. The molecular formula is C17H18N2O. The third-order valence-electron chi connectivity index (χ3n) is 3.13. The molecule has 0 saturated carbocycles. The van der Waals surface area contributed by atoms with Gasteiger partial charge in [0.1, 0.15) is 5.69 Å². The van der Waals surface area contributed by atoms with E-state index in [0.717, 1.165) is 22.5 Å². The van der Waals surface area contributed by atoms with Gasteiger partial charge in [-0.15, -0.1) is 0 Å². The lowest BCUT2D eigenvalue weighted by Crippen LogP contribution is -2.00. The fourth-order valence-corrected chi connectivity index (χ4v) is 2.03. The van der Waals surface area contributed by atoms with Crippen LogP contribution in [0.4, 0.5) is 5.69 Å². The average Bonchev–Trinajstić information content (AvgIpc) is 2.42. The van der Waals surface area contributed by atoms with Gasteiger partial charge in [-0.1, -0.05) is 24.3 Å². The number of aromatic nitrogens is 1. The van der Waals surface area contributed by atoms with Crippen LogP contribution in [0.3, 0.4) is 0 Å². The molecule has 102 valence electrons. The Morgan fingerprint density at radius 1 is 1.15 bits per heavy atom. The van der Waals surface area contributed by atoms with Crippen molar-refractivity contribution in [3.8, 4) is 0 Å². The van der Waals surface area contributed by atoms with Crippen LogP contribution in [0.5, 0.6) is 0 Å². The van der Waals surface area contributed by atoms with Crippen molar-refractivity contribution in [3.63, 3.8) is 0 Å². The summed E-state index contributed by atoms with van der Waals surface area (Å²) in [5.41, 5.74) is 4.68. The van der Waals surface area contributed by atoms with Crippen molar-refractivity contribution in [1.82, 2.24) is 4.98 Å². The van der Waals surface area contributed by atoms with Crippen LogP contribution in [0, 0.1) is 13.8 Å². The van der Waals surface area contributed by atoms with Crippen molar-refractivity contribution in [2.75, 3.05) is 0 Å². The summed E-state index contributed by atoms with van der Waals surface area (Å²) >= 11 is 0. The molecule has 0 aliphatic rings. The first-order chi connectivity index (χ1) is 9.58. The molecule has 0 bridgehead atoms. The quantitative estimate of drug-likeness (QED) is 0.623. The molecule has 2 aromatic rings. The van der Waals surface area contributed by atoms with Gasteiger partial charge < -0.3 is 0 Å². The molecule has 0 aliphatic heterocycles. The van der Waals surface area contributed by atoms with Crippen LogP contribution in [-0.2, 0) is 6.42 Å². The number of para-hydroxylation sites is 1. The van der Waals surface area contributed by atoms with E-state index in [0.29, 0.717) is 12.1 Å². The van der Waals surface area contributed by atoms with Crippen LogP contribution in [0.15, 0.2) is 41.4 Å². The number of Topliss-reactive ketones (excluding diaryl/α,β-unsaturated/α-hetero) is 1. The number of hydrogen-bond acceptors (Lipinski definition) is 3. The van der Waals surface area contributed by atoms with Crippen LogP contribution >= 0.6 is 0 Å². The lowest BCUT2D eigenvalue weighted by molar-refractivity contribution is 0.101. The second kappa shape index (κ2) is 6.24. The summed E-state index contributed by atoms with van der Waals surface area (Å²) < 4.78 is 0. The molecule has 0 atom stereocenters. The molecule has 1 aromatic heterocycles. The average molecular weight is 266 g/mol. The topological polar surface area (TPSA) is 42.3 Å². The Morgan fingerprint density at radius 3 is 2.45 bits per heavy atom. The monoisotopic (exact) mass is 266 g/mol. The molecule has 1 aromatic carbocycles. The van der Waals surface area contributed by atoms with Crippen molar-refractivity contribution in [2.24, 2.45) is 4.99 Å². The van der Waals surface area contributed by atoms with Gasteiger partial charge in [-0.3, -0.25) is 9.79 Å². The van der Waals surface area contributed by atoms with Gasteiger partial charge in [-0.2, -0.15) is 0 Å². The fourth-order valence-electron chi connectivity index (χ4n) is 2.03. The van der Waals surface area contributed by atoms with E-state index >= 15 is 0 Å². The van der Waals surface area contributed by atoms with Crippen LogP contribution in [0.2, 0.25) is 0 Å². The molecule has 1 heterocycles. The molecule has 0 N–H and O–H groups in total. The van der Waals surface area contributed by atoms with Gasteiger partial charge in [0.2, 0.25) is 0 Å². The highest BCUT2D eigenvalue weighted by Gasteiger charge is 2.02. The number of benzene rings is 1. The Bertz CT molecular complexity index is 640. The number of nitrogens with zero attached hydrogens (tertiary/aromatic N) is 2. The van der Waals surface area contributed by atoms with Crippen molar-refractivity contribution in [1.29, 1.82) is 0 Å². The second-order valence-corrected chi connectivity index (χ2v) is 4.83. The Labute approximate surface area is 119 Å². The van der Waals surface area contributed by atoms with E-state index in [2.05, 4.69) is 9.98 Å². The van der Waals surface area contributed by atoms with Crippen LogP contribution in [-0.4, -0.2) is 17.0 Å². The van der Waals surface area contributed by atoms with E-state index < -0.39 is 0 Å². The van der Waals surface area contributed by atoms with Gasteiger partial charge in [0, 0.05) is 25.3 Å². The minimum atomic E-state index is -0.0152. The van der Waals surface area contributed by atoms with E-state index in [1.54, 1.807) is 6.07 Å². The van der Waals surface area contributed by atoms with Gasteiger partial charge in [0.25, 0.3) is 0 Å². The predicted octanol–water partition coefficient (Wildman–Crippen LogP) is 3.85. The van der Waals surface area contributed by atoms with Crippen LogP contribution < -0.4 is 0 Å². The summed E-state index contributed by atoms with van der Waals surface area (Å²) in [5, 5.41) is 0. The number of hydrogen-bond donors (Lipinski definition) is 0. The fraction of sp³-hybridized carbons (Fsp3) is 0.235. The Kier molecular flexibility index (Phi) is 4.41. The smallest absolute Gasteiger partial charge is 0.178 e. The summed E-state index contributed by atoms with van der Waals surface area (Å²) in [6.07, 6.45) is 2.47. The number of aryl methyl sites for hydroxylation is 2. The van der Waals surface area contributed by atoms with Crippen molar-refractivity contribution in [3.05, 3.63) is 58.9 Å². The molecule has 3 nitrogen and oxygen atoms in total. The van der Waals surface area contributed by atoms with Gasteiger partial charge in [-0.25, -0.2) is 4.98 Å². The lowest BCUT2D eigenvalue weighted by atomic mass is 10.1. The zero-order valence-corrected chi connectivity index (χ0v) is 12.1. The summed E-state index contributed by atoms with van der Waals surface area (Å²) in [6, 6.07) is 11.6. The Hall–Kier alpha value is -2.29. The first kappa shape index (κ1) is 14.1. The van der Waals surface area contributed by atoms with Gasteiger partial charge in [-0.05, 0) is 37.1 Å². The van der Waals surface area contributed by atoms with E-state index in [1.807, 2.05) is 50.4 Å². The maximum Gasteiger partial charge on any atom is 0.178 e. The third kappa shape index (κ3) is 3.38. The standard InChI is InChI=1S/C17H18N2O/c1-12-6-4-7-13(2)17(12)18-11-10-15-8-5-9-16(19-15)14(3)20/h4-9,11H,10H2,1-3H3. The first-order valence-corrected chi connectivity index (χ1v) is 6.63. The van der Waals surface area contributed by atoms with Gasteiger partial charge in [0.15, 0.2) is 5.78 Å². The number of pyridine rings is 1. The highest BCUT2D eigenvalue weighted by atomic mass is 16.1. The summed E-state index contributed by atoms with van der Waals surface area (Å²) in [4.78, 5) is 20.1. The lowest BCUT2D eigenvalue weighted by Gasteiger charge is -2.03. The molecular weight excluding hydrogens is 248 g/mol. The normalized spacial score (nSPS) is 10.9. The van der Waals surface area contributed by atoms with E-state index in [-0.39, 0.29) is 5.78 Å². The zero-order chi connectivity index (χ0) is 14.5. The SMILES string of the molecule is CC(=O)c1cccc(CC=Nc2c(C)cccc2C)n1. The van der Waals surface area contributed by atoms with Gasteiger partial charge in [0.05, 0.1) is 5.69 Å². The molecule has 0 aliphatic carbocycles. The van der Waals surface area contributed by atoms with Crippen molar-refractivity contribution >= 4 is 17.7 Å². The maximum atomic E-state index is 11.3. The second-order valence-electron chi connectivity index (χ2n) is 4.83. The molecule has 0 saturated heterocycles. The number of ketones is 1. The van der Waals surface area contributed by atoms with E-state index in [9.17, 15) is 4.79 Å². The minimum absolute atomic E-state index is 0.0152. The molecule has 0 amide bonds. The molecule has 0 spiro atoms. The van der Waals surface area contributed by atoms with Crippen LogP contribution in [0.1, 0.15) is 34.2 Å². The van der Waals surface area contributed by atoms with Gasteiger partial charge >= 0.3 is 0 Å². The summed E-state index contributed by atoms with van der Waals surface area (Å²) in [7, 11) is 0. The largest absolute Gasteiger partial charge is 0.293 e. The highest BCUT2D eigenvalue weighted by molar-refractivity contribution is 5.92. The maximum absolute atomic E-state index is 11.3. The van der Waals surface area contributed by atoms with E-state index in [1.165, 1.54) is 6.92 Å². The number of carbonyl (C=O) groups excluding carboxylic acids is 1. The molecule has 0 radical (unpaired) electrons. The number of carbonyl (C=O) groups is 1. The van der Waals surface area contributed by atoms with Crippen LogP contribution in [0.25, 0.3) is 0 Å². The Morgan fingerprint density at radius 2 is 1.80 bits per heavy atom. The number of rotatable bonds is 4. The van der Waals surface area contributed by atoms with Crippen molar-refractivity contribution in [2.45, 2.75) is 27.2 Å². The highest BCUT2D eigenvalue weighted by Crippen LogP contribution is 2.22. The molecule has 2 rings (SSSR count). The molecule has 0 unspecified atom stereocenters. The number of aliphatic imine (C=N–C) groups is 1. The Balaban J connectivity index is 2.14. The molecule has 0 fully saturated rings. The molecule has 20 heavy (non-hydrogen) atoms. The zero-order valence-electron chi connectivity index (χ0n) is 12.1. The van der Waals surface area contributed by atoms with Crippen molar-refractivity contribution < 1.29 is 4.79 Å². The van der Waals surface area contributed by atoms with E-state index in [4.69, 9.17) is 0 Å². The minimum Gasteiger partial charge on any atom is -0.293 e. The summed E-state index contributed by atoms with van der Waals surface area (Å²) in [6.45, 7) is 5.62.